The molecule has 1 heterocycles. The van der Waals surface area contributed by atoms with Gasteiger partial charge in [0.05, 0.1) is 32.7 Å². The van der Waals surface area contributed by atoms with Gasteiger partial charge in [-0.15, -0.1) is 0 Å². The number of nitrogens with zero attached hydrogens (tertiary/aromatic N) is 1. The van der Waals surface area contributed by atoms with Gasteiger partial charge in [-0.1, -0.05) is 13.8 Å². The summed E-state index contributed by atoms with van der Waals surface area (Å²) in [6, 6.07) is 7.14. The average molecular weight is 428 g/mol. The van der Waals surface area contributed by atoms with E-state index in [-0.39, 0.29) is 5.91 Å². The number of benzene rings is 2. The molecule has 2 aromatic carbocycles. The summed E-state index contributed by atoms with van der Waals surface area (Å²) < 4.78 is 16.1. The maximum Gasteiger partial charge on any atom is 0.255 e. The summed E-state index contributed by atoms with van der Waals surface area (Å²) in [5.41, 5.74) is 9.96. The van der Waals surface area contributed by atoms with Crippen LogP contribution in [0.1, 0.15) is 36.2 Å². The zero-order valence-corrected chi connectivity index (χ0v) is 19.2. The van der Waals surface area contributed by atoms with Crippen LogP contribution in [0.5, 0.6) is 17.2 Å². The highest BCUT2D eigenvalue weighted by molar-refractivity contribution is 6.07. The summed E-state index contributed by atoms with van der Waals surface area (Å²) in [5.74, 6) is 2.21. The van der Waals surface area contributed by atoms with E-state index in [9.17, 15) is 4.79 Å². The predicted octanol–water partition coefficient (Wildman–Crippen LogP) is 4.34. The summed E-state index contributed by atoms with van der Waals surface area (Å²) in [6.45, 7) is 8.61. The largest absolute Gasteiger partial charge is 0.493 e. The van der Waals surface area contributed by atoms with Crippen molar-refractivity contribution in [3.8, 4) is 17.2 Å². The van der Waals surface area contributed by atoms with Gasteiger partial charge < -0.3 is 30.2 Å². The van der Waals surface area contributed by atoms with E-state index in [4.69, 9.17) is 19.9 Å². The fourth-order valence-electron chi connectivity index (χ4n) is 4.43. The molecule has 7 heteroatoms. The minimum Gasteiger partial charge on any atom is -0.493 e. The van der Waals surface area contributed by atoms with Crippen molar-refractivity contribution in [2.45, 2.75) is 27.2 Å². The molecular weight excluding hydrogens is 394 g/mol. The van der Waals surface area contributed by atoms with E-state index in [0.717, 1.165) is 24.3 Å². The summed E-state index contributed by atoms with van der Waals surface area (Å²) >= 11 is 0. The average Bonchev–Trinajstić information content (AvgIpc) is 2.73. The molecule has 0 bridgehead atoms. The number of rotatable bonds is 6. The number of nitrogens with two attached hydrogens (primary N) is 1. The molecule has 1 saturated heterocycles. The number of anilines is 3. The monoisotopic (exact) mass is 427 g/mol. The lowest BCUT2D eigenvalue weighted by molar-refractivity contribution is 0.102. The van der Waals surface area contributed by atoms with Crippen LogP contribution in [0.3, 0.4) is 0 Å². The number of piperidine rings is 1. The van der Waals surface area contributed by atoms with E-state index < -0.39 is 0 Å². The molecule has 1 aliphatic rings. The van der Waals surface area contributed by atoms with E-state index >= 15 is 0 Å². The molecule has 1 amide bonds. The maximum absolute atomic E-state index is 13.0. The molecular formula is C24H33N3O4. The number of amides is 1. The second-order valence-corrected chi connectivity index (χ2v) is 8.45. The van der Waals surface area contributed by atoms with Crippen molar-refractivity contribution in [1.82, 2.24) is 0 Å². The number of hydrogen-bond donors (Lipinski definition) is 2. The predicted molar refractivity (Wildman–Crippen MR) is 125 cm³/mol. The van der Waals surface area contributed by atoms with Crippen LogP contribution in [0.2, 0.25) is 0 Å². The Hall–Kier alpha value is -3.09. The van der Waals surface area contributed by atoms with Gasteiger partial charge >= 0.3 is 0 Å². The third-order valence-electron chi connectivity index (χ3n) is 5.75. The molecule has 0 aromatic heterocycles. The van der Waals surface area contributed by atoms with Crippen molar-refractivity contribution in [2.24, 2.45) is 11.8 Å². The number of aryl methyl sites for hydroxylation is 1. The second kappa shape index (κ2) is 9.37. The molecule has 2 atom stereocenters. The Labute approximate surface area is 184 Å². The van der Waals surface area contributed by atoms with E-state index in [1.807, 2.05) is 12.1 Å². The van der Waals surface area contributed by atoms with Crippen LogP contribution < -0.4 is 30.2 Å². The number of methoxy groups -OCH3 is 3. The number of ether oxygens (including phenoxy) is 3. The first-order valence-corrected chi connectivity index (χ1v) is 10.5. The molecule has 1 fully saturated rings. The molecule has 3 N–H and O–H groups in total. The lowest BCUT2D eigenvalue weighted by atomic mass is 9.91. The van der Waals surface area contributed by atoms with Crippen molar-refractivity contribution in [3.05, 3.63) is 35.4 Å². The standard InChI is InChI=1S/C24H33N3O4/c1-14-7-15(2)13-27(12-14)20-11-19(18(25)8-16(20)3)26-24(28)17-9-21(29-4)23(31-6)22(10-17)30-5/h8-11,14-15H,7,12-13,25H2,1-6H3,(H,26,28)/t14-,15-/m0/s1. The van der Waals surface area contributed by atoms with Gasteiger partial charge in [0.25, 0.3) is 5.91 Å². The fourth-order valence-corrected chi connectivity index (χ4v) is 4.43. The molecule has 0 saturated carbocycles. The Morgan fingerprint density at radius 3 is 2.10 bits per heavy atom. The van der Waals surface area contributed by atoms with Gasteiger partial charge in [-0.2, -0.15) is 0 Å². The second-order valence-electron chi connectivity index (χ2n) is 8.45. The molecule has 0 spiro atoms. The molecule has 7 nitrogen and oxygen atoms in total. The summed E-state index contributed by atoms with van der Waals surface area (Å²) in [6.07, 6.45) is 1.23. The third kappa shape index (κ3) is 4.81. The van der Waals surface area contributed by atoms with Crippen molar-refractivity contribution in [1.29, 1.82) is 0 Å². The summed E-state index contributed by atoms with van der Waals surface area (Å²) in [7, 11) is 4.56. The van der Waals surface area contributed by atoms with Crippen LogP contribution in [0.15, 0.2) is 24.3 Å². The normalized spacial score (nSPS) is 18.5. The van der Waals surface area contributed by atoms with Gasteiger partial charge in [0.2, 0.25) is 5.75 Å². The van der Waals surface area contributed by atoms with E-state index in [0.29, 0.717) is 46.0 Å². The Morgan fingerprint density at radius 1 is 1.00 bits per heavy atom. The van der Waals surface area contributed by atoms with Crippen LogP contribution >= 0.6 is 0 Å². The van der Waals surface area contributed by atoms with Crippen molar-refractivity contribution in [3.63, 3.8) is 0 Å². The highest BCUT2D eigenvalue weighted by Gasteiger charge is 2.24. The first-order valence-electron chi connectivity index (χ1n) is 10.5. The zero-order chi connectivity index (χ0) is 22.7. The number of nitrogens with one attached hydrogen (secondary N) is 1. The van der Waals surface area contributed by atoms with Crippen molar-refractivity contribution in [2.75, 3.05) is 50.4 Å². The molecule has 31 heavy (non-hydrogen) atoms. The minimum atomic E-state index is -0.305. The molecule has 168 valence electrons. The Bertz CT molecular complexity index is 925. The molecule has 3 rings (SSSR count). The van der Waals surface area contributed by atoms with Crippen molar-refractivity contribution >= 4 is 23.0 Å². The lowest BCUT2D eigenvalue weighted by Crippen LogP contribution is -2.39. The fraction of sp³-hybridized carbons (Fsp3) is 0.458. The molecule has 2 aromatic rings. The van der Waals surface area contributed by atoms with Crippen LogP contribution in [-0.2, 0) is 0 Å². The van der Waals surface area contributed by atoms with E-state index in [2.05, 4.69) is 31.0 Å². The molecule has 0 radical (unpaired) electrons. The molecule has 1 aliphatic heterocycles. The third-order valence-corrected chi connectivity index (χ3v) is 5.75. The summed E-state index contributed by atoms with van der Waals surface area (Å²) in [5, 5.41) is 2.95. The zero-order valence-electron chi connectivity index (χ0n) is 19.2. The number of nitrogen functional groups attached to an aromatic ring is 1. The van der Waals surface area contributed by atoms with Crippen LogP contribution in [0, 0.1) is 18.8 Å². The quantitative estimate of drug-likeness (QED) is 0.667. The van der Waals surface area contributed by atoms with Crippen LogP contribution in [-0.4, -0.2) is 40.3 Å². The number of carbonyl (C=O) groups is 1. The maximum atomic E-state index is 13.0. The Morgan fingerprint density at radius 2 is 1.58 bits per heavy atom. The Kier molecular flexibility index (Phi) is 6.83. The van der Waals surface area contributed by atoms with Gasteiger partial charge in [-0.3, -0.25) is 4.79 Å². The topological polar surface area (TPSA) is 86.1 Å². The van der Waals surface area contributed by atoms with E-state index in [1.54, 1.807) is 12.1 Å². The first kappa shape index (κ1) is 22.6. The van der Waals surface area contributed by atoms with Gasteiger partial charge in [-0.05, 0) is 55.0 Å². The Balaban J connectivity index is 1.91. The number of hydrogen-bond acceptors (Lipinski definition) is 6. The van der Waals surface area contributed by atoms with Gasteiger partial charge in [-0.25, -0.2) is 0 Å². The first-order chi connectivity index (χ1) is 14.8. The van der Waals surface area contributed by atoms with Crippen LogP contribution in [0.4, 0.5) is 17.1 Å². The van der Waals surface area contributed by atoms with Crippen LogP contribution in [0.25, 0.3) is 0 Å². The lowest BCUT2D eigenvalue weighted by Gasteiger charge is -2.37. The summed E-state index contributed by atoms with van der Waals surface area (Å²) in [4.78, 5) is 15.4. The smallest absolute Gasteiger partial charge is 0.255 e. The molecule has 0 aliphatic carbocycles. The van der Waals surface area contributed by atoms with Crippen molar-refractivity contribution < 1.29 is 19.0 Å². The highest BCUT2D eigenvalue weighted by Crippen LogP contribution is 2.39. The molecule has 0 unspecified atom stereocenters. The number of carbonyl (C=O) groups excluding carboxylic acids is 1. The van der Waals surface area contributed by atoms with Gasteiger partial charge in [0.1, 0.15) is 0 Å². The van der Waals surface area contributed by atoms with E-state index in [1.165, 1.54) is 27.8 Å². The minimum absolute atomic E-state index is 0.305. The van der Waals surface area contributed by atoms with Gasteiger partial charge in [0.15, 0.2) is 11.5 Å². The SMILES string of the molecule is COc1cc(C(=O)Nc2cc(N3C[C@@H](C)C[C@H](C)C3)c(C)cc2N)cc(OC)c1OC. The highest BCUT2D eigenvalue weighted by atomic mass is 16.5. The van der Waals surface area contributed by atoms with Gasteiger partial charge in [0, 0.05) is 24.3 Å².